The van der Waals surface area contributed by atoms with Gasteiger partial charge in [0, 0.05) is 12.5 Å². The Morgan fingerprint density at radius 1 is 0.905 bits per heavy atom. The predicted molar refractivity (Wildman–Crippen MR) is 86.9 cm³/mol. The first kappa shape index (κ1) is 16.8. The molecule has 120 valence electrons. The highest BCUT2D eigenvalue weighted by atomic mass is 16.5. The molecule has 0 aromatic carbocycles. The molecule has 0 spiro atoms. The fraction of sp³-hybridized carbons (Fsp3) is 0.947. The molecule has 0 aromatic rings. The second kappa shape index (κ2) is 9.46. The van der Waals surface area contributed by atoms with Gasteiger partial charge in [-0.1, -0.05) is 45.4 Å². The van der Waals surface area contributed by atoms with Crippen molar-refractivity contribution in [3.8, 4) is 6.07 Å². The molecular weight excluding hydrogens is 258 g/mol. The Hall–Kier alpha value is -0.550. The molecule has 2 aliphatic rings. The van der Waals surface area contributed by atoms with Crippen LogP contribution in [-0.4, -0.2) is 12.7 Å². The topological polar surface area (TPSA) is 33.0 Å². The van der Waals surface area contributed by atoms with Crippen LogP contribution in [0.4, 0.5) is 0 Å². The summed E-state index contributed by atoms with van der Waals surface area (Å²) in [4.78, 5) is 0. The molecule has 0 bridgehead atoms. The lowest BCUT2D eigenvalue weighted by Gasteiger charge is -2.29. The Balaban J connectivity index is 1.48. The monoisotopic (exact) mass is 291 g/mol. The molecule has 0 amide bonds. The molecule has 2 nitrogen and oxygen atoms in total. The third-order valence-electron chi connectivity index (χ3n) is 5.63. The second-order valence-electron chi connectivity index (χ2n) is 7.29. The summed E-state index contributed by atoms with van der Waals surface area (Å²) in [5.41, 5.74) is 0. The van der Waals surface area contributed by atoms with E-state index in [-0.39, 0.29) is 0 Å². The number of hydrogen-bond donors (Lipinski definition) is 0. The third kappa shape index (κ3) is 5.99. The van der Waals surface area contributed by atoms with Gasteiger partial charge in [0.25, 0.3) is 0 Å². The van der Waals surface area contributed by atoms with E-state index in [1.807, 2.05) is 0 Å². The van der Waals surface area contributed by atoms with Gasteiger partial charge in [0.2, 0.25) is 0 Å². The summed E-state index contributed by atoms with van der Waals surface area (Å²) < 4.78 is 6.02. The molecule has 21 heavy (non-hydrogen) atoms. The number of nitriles is 1. The van der Waals surface area contributed by atoms with Crippen molar-refractivity contribution < 1.29 is 4.74 Å². The lowest BCUT2D eigenvalue weighted by molar-refractivity contribution is 0.0187. The summed E-state index contributed by atoms with van der Waals surface area (Å²) in [6.07, 6.45) is 16.0. The molecule has 0 unspecified atom stereocenters. The smallest absolute Gasteiger partial charge is 0.0655 e. The van der Waals surface area contributed by atoms with Crippen LogP contribution in [-0.2, 0) is 4.74 Å². The van der Waals surface area contributed by atoms with Gasteiger partial charge in [-0.3, -0.25) is 0 Å². The van der Waals surface area contributed by atoms with Crippen LogP contribution in [0.25, 0.3) is 0 Å². The zero-order chi connectivity index (χ0) is 14.9. The molecule has 0 atom stereocenters. The average Bonchev–Trinajstić information content (AvgIpc) is 2.54. The van der Waals surface area contributed by atoms with Gasteiger partial charge in [0.05, 0.1) is 12.2 Å². The minimum Gasteiger partial charge on any atom is -0.378 e. The highest BCUT2D eigenvalue weighted by Crippen LogP contribution is 2.34. The number of ether oxygens (including phenoxy) is 1. The van der Waals surface area contributed by atoms with E-state index in [0.717, 1.165) is 44.1 Å². The van der Waals surface area contributed by atoms with Gasteiger partial charge in [-0.05, 0) is 50.4 Å². The molecule has 2 rings (SSSR count). The summed E-state index contributed by atoms with van der Waals surface area (Å²) in [5.74, 6) is 2.29. The Labute approximate surface area is 131 Å². The highest BCUT2D eigenvalue weighted by Gasteiger charge is 2.22. The number of hydrogen-bond acceptors (Lipinski definition) is 2. The van der Waals surface area contributed by atoms with Crippen LogP contribution in [0.5, 0.6) is 0 Å². The van der Waals surface area contributed by atoms with E-state index >= 15 is 0 Å². The van der Waals surface area contributed by atoms with Gasteiger partial charge in [0.15, 0.2) is 0 Å². The fourth-order valence-electron chi connectivity index (χ4n) is 4.20. The average molecular weight is 291 g/mol. The molecule has 2 heteroatoms. The minimum absolute atomic E-state index is 0.295. The summed E-state index contributed by atoms with van der Waals surface area (Å²) >= 11 is 0. The molecule has 0 aliphatic heterocycles. The predicted octanol–water partition coefficient (Wildman–Crippen LogP) is 5.47. The molecular formula is C19H33NO. The van der Waals surface area contributed by atoms with Crippen LogP contribution in [0.1, 0.15) is 84.0 Å². The maximum Gasteiger partial charge on any atom is 0.0655 e. The van der Waals surface area contributed by atoms with Crippen LogP contribution < -0.4 is 0 Å². The van der Waals surface area contributed by atoms with Gasteiger partial charge in [-0.25, -0.2) is 0 Å². The zero-order valence-electron chi connectivity index (χ0n) is 13.9. The van der Waals surface area contributed by atoms with Crippen LogP contribution in [0, 0.1) is 29.1 Å². The molecule has 2 aliphatic carbocycles. The maximum absolute atomic E-state index is 8.90. The first-order valence-corrected chi connectivity index (χ1v) is 9.33. The molecule has 0 aromatic heterocycles. The van der Waals surface area contributed by atoms with Crippen molar-refractivity contribution >= 4 is 0 Å². The third-order valence-corrected chi connectivity index (χ3v) is 5.63. The summed E-state index contributed by atoms with van der Waals surface area (Å²) in [7, 11) is 0. The van der Waals surface area contributed by atoms with E-state index in [4.69, 9.17) is 10.00 Å². The Morgan fingerprint density at radius 2 is 1.52 bits per heavy atom. The Kier molecular flexibility index (Phi) is 7.58. The van der Waals surface area contributed by atoms with Crippen LogP contribution in [0.2, 0.25) is 0 Å². The Bertz CT molecular complexity index is 306. The van der Waals surface area contributed by atoms with Crippen molar-refractivity contribution in [3.05, 3.63) is 0 Å². The molecule has 2 saturated carbocycles. The molecule has 2 fully saturated rings. The number of nitrogens with zero attached hydrogens (tertiary/aromatic N) is 1. The lowest BCUT2D eigenvalue weighted by Crippen LogP contribution is -2.22. The quantitative estimate of drug-likeness (QED) is 0.582. The van der Waals surface area contributed by atoms with E-state index in [9.17, 15) is 0 Å². The largest absolute Gasteiger partial charge is 0.378 e. The van der Waals surface area contributed by atoms with E-state index in [0.29, 0.717) is 12.0 Å². The molecule has 0 radical (unpaired) electrons. The van der Waals surface area contributed by atoms with Crippen molar-refractivity contribution in [1.29, 1.82) is 5.26 Å². The van der Waals surface area contributed by atoms with Crippen molar-refractivity contribution in [2.75, 3.05) is 6.61 Å². The van der Waals surface area contributed by atoms with Crippen molar-refractivity contribution in [2.24, 2.45) is 17.8 Å². The fourth-order valence-corrected chi connectivity index (χ4v) is 4.20. The lowest BCUT2D eigenvalue weighted by atomic mass is 9.78. The van der Waals surface area contributed by atoms with E-state index in [1.165, 1.54) is 51.4 Å². The first-order valence-electron chi connectivity index (χ1n) is 9.33. The first-order chi connectivity index (χ1) is 10.3. The van der Waals surface area contributed by atoms with Crippen molar-refractivity contribution in [3.63, 3.8) is 0 Å². The summed E-state index contributed by atoms with van der Waals surface area (Å²) in [6, 6.07) is 2.39. The van der Waals surface area contributed by atoms with E-state index in [2.05, 4.69) is 13.0 Å². The van der Waals surface area contributed by atoms with Gasteiger partial charge >= 0.3 is 0 Å². The summed E-state index contributed by atoms with van der Waals surface area (Å²) in [5, 5.41) is 8.90. The molecule has 0 saturated heterocycles. The molecule has 0 N–H and O–H groups in total. The standard InChI is InChI=1S/C19H33NO/c1-2-4-16-6-8-17(9-7-16)5-3-14-21-19-12-10-18(15-20)11-13-19/h16-19H,2-14H2,1H3. The van der Waals surface area contributed by atoms with Gasteiger partial charge in [-0.2, -0.15) is 5.26 Å². The number of rotatable bonds is 7. The van der Waals surface area contributed by atoms with Crippen LogP contribution in [0.15, 0.2) is 0 Å². The maximum atomic E-state index is 8.90. The SMILES string of the molecule is CCCC1CCC(CCCOC2CCC(C#N)CC2)CC1. The van der Waals surface area contributed by atoms with Crippen LogP contribution in [0.3, 0.4) is 0 Å². The van der Waals surface area contributed by atoms with Gasteiger partial charge in [0.1, 0.15) is 0 Å². The highest BCUT2D eigenvalue weighted by molar-refractivity contribution is 4.87. The minimum atomic E-state index is 0.295. The normalized spacial score (nSPS) is 33.5. The molecule has 0 heterocycles. The van der Waals surface area contributed by atoms with Crippen LogP contribution >= 0.6 is 0 Å². The van der Waals surface area contributed by atoms with Gasteiger partial charge in [-0.15, -0.1) is 0 Å². The van der Waals surface area contributed by atoms with Crippen molar-refractivity contribution in [2.45, 2.75) is 90.1 Å². The second-order valence-corrected chi connectivity index (χ2v) is 7.29. The van der Waals surface area contributed by atoms with Crippen molar-refractivity contribution in [1.82, 2.24) is 0 Å². The zero-order valence-corrected chi connectivity index (χ0v) is 13.9. The van der Waals surface area contributed by atoms with Gasteiger partial charge < -0.3 is 4.74 Å². The summed E-state index contributed by atoms with van der Waals surface area (Å²) in [6.45, 7) is 3.25. The Morgan fingerprint density at radius 3 is 2.10 bits per heavy atom. The van der Waals surface area contributed by atoms with E-state index < -0.39 is 0 Å². The van der Waals surface area contributed by atoms with E-state index in [1.54, 1.807) is 0 Å².